The molecule has 0 bridgehead atoms. The van der Waals surface area contributed by atoms with Crippen molar-refractivity contribution in [1.82, 2.24) is 10.6 Å². The van der Waals surface area contributed by atoms with E-state index >= 15 is 0 Å². The maximum absolute atomic E-state index is 6.70. The molecular formula is C56H56N2O10. The molecule has 0 radical (unpaired) electrons. The standard InChI is InChI=1S/C56H56N2O10/c1-33-21-46-48(67-31-65-46)25-37(33)15-17-43-42-28-50(59-3)55(53(60-4)41(42)19-20-57-43)64-30-36-13-10-14-39(23-36)45-24-40-27-51(63-29-35-11-8-7-9-12-35)54(61-5)56(62-6)52(40)44(58-45)18-16-38-26-49-47(22-34(38)2)66-32-68-49/h7-18,21-23,25-28,43-45,57-58H,19-20,24,29-32H2,1-6H3/b17-15+,18-16+. The first-order valence-electron chi connectivity index (χ1n) is 22.9. The molecule has 4 aliphatic rings. The molecule has 6 aromatic carbocycles. The lowest BCUT2D eigenvalue weighted by Crippen LogP contribution is -2.33. The summed E-state index contributed by atoms with van der Waals surface area (Å²) in [5, 5.41) is 7.62. The normalized spacial score (nSPS) is 17.8. The van der Waals surface area contributed by atoms with Crippen LogP contribution in [0.5, 0.6) is 57.5 Å². The fourth-order valence-electron chi connectivity index (χ4n) is 9.66. The Kier molecular flexibility index (Phi) is 12.8. The number of fused-ring (bicyclic) bond motifs is 4. The number of nitrogens with one attached hydrogen (secondary N) is 2. The highest BCUT2D eigenvalue weighted by Crippen LogP contribution is 2.50. The second kappa shape index (κ2) is 19.5. The summed E-state index contributed by atoms with van der Waals surface area (Å²) in [6.45, 7) is 6.05. The average Bonchev–Trinajstić information content (AvgIpc) is 4.03. The van der Waals surface area contributed by atoms with Gasteiger partial charge in [0, 0.05) is 23.7 Å². The molecule has 2 N–H and O–H groups in total. The molecule has 0 saturated carbocycles. The van der Waals surface area contributed by atoms with Gasteiger partial charge >= 0.3 is 0 Å². The first-order valence-corrected chi connectivity index (χ1v) is 22.9. The zero-order valence-electron chi connectivity index (χ0n) is 39.2. The van der Waals surface area contributed by atoms with Gasteiger partial charge in [0.2, 0.25) is 25.1 Å². The topological polar surface area (TPSA) is 116 Å². The zero-order valence-corrected chi connectivity index (χ0v) is 39.2. The highest BCUT2D eigenvalue weighted by molar-refractivity contribution is 5.67. The Morgan fingerprint density at radius 2 is 1.22 bits per heavy atom. The summed E-state index contributed by atoms with van der Waals surface area (Å²) in [5.41, 5.74) is 11.7. The molecule has 10 rings (SSSR count). The quantitative estimate of drug-likeness (QED) is 0.102. The summed E-state index contributed by atoms with van der Waals surface area (Å²) in [6.07, 6.45) is 10.1. The van der Waals surface area contributed by atoms with Crippen molar-refractivity contribution in [3.8, 4) is 57.5 Å². The molecule has 0 aromatic heterocycles. The third kappa shape index (κ3) is 8.85. The van der Waals surface area contributed by atoms with Gasteiger partial charge in [-0.25, -0.2) is 0 Å². The van der Waals surface area contributed by atoms with Crippen molar-refractivity contribution in [2.75, 3.05) is 48.6 Å². The molecule has 3 unspecified atom stereocenters. The van der Waals surface area contributed by atoms with Crippen molar-refractivity contribution in [2.45, 2.75) is 58.0 Å². The average molecular weight is 917 g/mol. The van der Waals surface area contributed by atoms with E-state index in [4.69, 9.17) is 47.4 Å². The summed E-state index contributed by atoms with van der Waals surface area (Å²) in [7, 11) is 6.69. The van der Waals surface area contributed by atoms with Crippen molar-refractivity contribution in [3.63, 3.8) is 0 Å². The van der Waals surface area contributed by atoms with Crippen molar-refractivity contribution in [1.29, 1.82) is 0 Å². The van der Waals surface area contributed by atoms with Gasteiger partial charge in [-0.3, -0.25) is 5.32 Å². The predicted molar refractivity (Wildman–Crippen MR) is 260 cm³/mol. The first-order chi connectivity index (χ1) is 33.3. The predicted octanol–water partition coefficient (Wildman–Crippen LogP) is 10.5. The minimum Gasteiger partial charge on any atom is -0.493 e. The molecule has 3 atom stereocenters. The second-order valence-corrected chi connectivity index (χ2v) is 17.3. The molecule has 350 valence electrons. The van der Waals surface area contributed by atoms with Gasteiger partial charge in [-0.05, 0) is 113 Å². The van der Waals surface area contributed by atoms with Gasteiger partial charge in [-0.1, -0.05) is 78.9 Å². The Bertz CT molecular complexity index is 2890. The van der Waals surface area contributed by atoms with Crippen molar-refractivity contribution in [3.05, 3.63) is 164 Å². The molecule has 68 heavy (non-hydrogen) atoms. The van der Waals surface area contributed by atoms with Crippen molar-refractivity contribution in [2.24, 2.45) is 0 Å². The molecule has 0 fully saturated rings. The van der Waals surface area contributed by atoms with Crippen LogP contribution in [-0.4, -0.2) is 48.6 Å². The third-order valence-corrected chi connectivity index (χ3v) is 13.1. The molecule has 12 heteroatoms. The summed E-state index contributed by atoms with van der Waals surface area (Å²) < 4.78 is 60.2. The largest absolute Gasteiger partial charge is 0.493 e. The molecule has 0 spiro atoms. The lowest BCUT2D eigenvalue weighted by atomic mass is 9.85. The van der Waals surface area contributed by atoms with E-state index in [-0.39, 0.29) is 31.7 Å². The summed E-state index contributed by atoms with van der Waals surface area (Å²) in [5.74, 6) is 6.68. The highest BCUT2D eigenvalue weighted by atomic mass is 16.7. The van der Waals surface area contributed by atoms with Crippen LogP contribution in [0.15, 0.2) is 103 Å². The zero-order chi connectivity index (χ0) is 46.7. The van der Waals surface area contributed by atoms with Crippen LogP contribution >= 0.6 is 0 Å². The number of benzene rings is 6. The third-order valence-electron chi connectivity index (χ3n) is 13.1. The molecule has 6 aromatic rings. The number of ether oxygens (including phenoxy) is 10. The van der Waals surface area contributed by atoms with E-state index in [1.807, 2.05) is 54.6 Å². The number of hydrogen-bond acceptors (Lipinski definition) is 12. The molecule has 4 aliphatic heterocycles. The number of methoxy groups -OCH3 is 4. The van der Waals surface area contributed by atoms with Gasteiger partial charge < -0.3 is 52.7 Å². The number of aryl methyl sites for hydroxylation is 2. The lowest BCUT2D eigenvalue weighted by Gasteiger charge is -2.34. The van der Waals surface area contributed by atoms with Crippen molar-refractivity contribution >= 4 is 12.2 Å². The second-order valence-electron chi connectivity index (χ2n) is 17.3. The maximum atomic E-state index is 6.70. The van der Waals surface area contributed by atoms with E-state index in [0.717, 1.165) is 97.2 Å². The van der Waals surface area contributed by atoms with Gasteiger partial charge in [0.15, 0.2) is 46.0 Å². The van der Waals surface area contributed by atoms with Gasteiger partial charge in [0.25, 0.3) is 0 Å². The highest BCUT2D eigenvalue weighted by Gasteiger charge is 2.33. The Labute approximate surface area is 397 Å². The summed E-state index contributed by atoms with van der Waals surface area (Å²) in [4.78, 5) is 0. The number of hydrogen-bond donors (Lipinski definition) is 2. The van der Waals surface area contributed by atoms with Crippen LogP contribution in [0.25, 0.3) is 12.2 Å². The maximum Gasteiger partial charge on any atom is 0.231 e. The van der Waals surface area contributed by atoms with Crippen molar-refractivity contribution < 1.29 is 47.4 Å². The Morgan fingerprint density at radius 3 is 1.88 bits per heavy atom. The Morgan fingerprint density at radius 1 is 0.588 bits per heavy atom. The first kappa shape index (κ1) is 44.6. The number of rotatable bonds is 15. The van der Waals surface area contributed by atoms with Crippen LogP contribution in [-0.2, 0) is 26.1 Å². The van der Waals surface area contributed by atoms with E-state index < -0.39 is 0 Å². The van der Waals surface area contributed by atoms with E-state index in [9.17, 15) is 0 Å². The Balaban J connectivity index is 0.939. The summed E-state index contributed by atoms with van der Waals surface area (Å²) in [6, 6.07) is 30.5. The van der Waals surface area contributed by atoms with Gasteiger partial charge in [-0.15, -0.1) is 0 Å². The van der Waals surface area contributed by atoms with Gasteiger partial charge in [0.05, 0.1) is 40.5 Å². The minimum absolute atomic E-state index is 0.0718. The van der Waals surface area contributed by atoms with E-state index in [1.54, 1.807) is 28.4 Å². The summed E-state index contributed by atoms with van der Waals surface area (Å²) >= 11 is 0. The fourth-order valence-corrected chi connectivity index (χ4v) is 9.66. The molecule has 12 nitrogen and oxygen atoms in total. The van der Waals surface area contributed by atoms with Crippen LogP contribution in [0, 0.1) is 13.8 Å². The van der Waals surface area contributed by atoms with Crippen LogP contribution in [0.2, 0.25) is 0 Å². The van der Waals surface area contributed by atoms with E-state index in [0.29, 0.717) is 54.1 Å². The van der Waals surface area contributed by atoms with Crippen LogP contribution in [0.3, 0.4) is 0 Å². The minimum atomic E-state index is -0.265. The lowest BCUT2D eigenvalue weighted by molar-refractivity contribution is 0.173. The smallest absolute Gasteiger partial charge is 0.231 e. The van der Waals surface area contributed by atoms with Crippen LogP contribution in [0.1, 0.15) is 79.3 Å². The van der Waals surface area contributed by atoms with Crippen LogP contribution in [0.4, 0.5) is 0 Å². The monoisotopic (exact) mass is 916 g/mol. The van der Waals surface area contributed by atoms with Crippen LogP contribution < -0.4 is 58.0 Å². The van der Waals surface area contributed by atoms with Gasteiger partial charge in [-0.2, -0.15) is 0 Å². The molecule has 0 saturated heterocycles. The molecular weight excluding hydrogens is 861 g/mol. The molecule has 0 aliphatic carbocycles. The molecule has 0 amide bonds. The Hall–Kier alpha value is -7.28. The molecule has 4 heterocycles. The van der Waals surface area contributed by atoms with E-state index in [1.165, 1.54) is 0 Å². The van der Waals surface area contributed by atoms with Gasteiger partial charge in [0.1, 0.15) is 13.2 Å². The SMILES string of the molecule is COc1cc2c(c(OC)c1OCc1cccc(C3Cc4cc(OCc5ccccc5)c(OC)c(OC)c4C(/C=C/c4cc5c(cc4C)OCO5)N3)c1)CCNC2/C=C/c1cc2c(cc1C)OCO2. The van der Waals surface area contributed by atoms with E-state index in [2.05, 4.69) is 85.2 Å². The fraction of sp³-hybridized carbons (Fsp3) is 0.286.